The maximum Gasteiger partial charge on any atom is 0.227 e. The molecule has 2 heterocycles. The first-order valence-corrected chi connectivity index (χ1v) is 8.78. The Hall–Kier alpha value is -2.47. The van der Waals surface area contributed by atoms with Gasteiger partial charge in [0.15, 0.2) is 11.5 Å². The van der Waals surface area contributed by atoms with Gasteiger partial charge in [0.05, 0.1) is 23.9 Å². The molecular formula is C19H24N4O2. The summed E-state index contributed by atoms with van der Waals surface area (Å²) >= 11 is 0. The molecule has 0 aliphatic carbocycles. The van der Waals surface area contributed by atoms with E-state index < -0.39 is 0 Å². The van der Waals surface area contributed by atoms with E-state index in [1.54, 1.807) is 0 Å². The first-order valence-electron chi connectivity index (χ1n) is 8.78. The van der Waals surface area contributed by atoms with Crippen LogP contribution in [0.1, 0.15) is 32.3 Å². The lowest BCUT2D eigenvalue weighted by molar-refractivity contribution is -0.117. The monoisotopic (exact) mass is 340 g/mol. The van der Waals surface area contributed by atoms with Crippen LogP contribution in [0.25, 0.3) is 21.9 Å². The van der Waals surface area contributed by atoms with E-state index in [9.17, 15) is 4.79 Å². The van der Waals surface area contributed by atoms with Crippen LogP contribution in [0.15, 0.2) is 24.3 Å². The van der Waals surface area contributed by atoms with Gasteiger partial charge in [0.2, 0.25) is 5.91 Å². The van der Waals surface area contributed by atoms with Crippen molar-refractivity contribution < 1.29 is 9.53 Å². The van der Waals surface area contributed by atoms with Gasteiger partial charge in [-0.15, -0.1) is 0 Å². The van der Waals surface area contributed by atoms with E-state index in [4.69, 9.17) is 9.72 Å². The highest BCUT2D eigenvalue weighted by atomic mass is 16.5. The predicted octanol–water partition coefficient (Wildman–Crippen LogP) is 3.67. The van der Waals surface area contributed by atoms with Crippen LogP contribution in [0, 0.1) is 6.92 Å². The molecule has 1 amide bonds. The van der Waals surface area contributed by atoms with Gasteiger partial charge in [-0.05, 0) is 38.0 Å². The maximum absolute atomic E-state index is 12.1. The van der Waals surface area contributed by atoms with Gasteiger partial charge >= 0.3 is 0 Å². The van der Waals surface area contributed by atoms with Crippen LogP contribution in [0.2, 0.25) is 0 Å². The Morgan fingerprint density at radius 3 is 2.88 bits per heavy atom. The van der Waals surface area contributed by atoms with Crippen LogP contribution in [0.4, 0.5) is 5.82 Å². The molecule has 0 unspecified atom stereocenters. The van der Waals surface area contributed by atoms with Crippen molar-refractivity contribution >= 4 is 33.7 Å². The number of carbonyl (C=O) groups excluding carboxylic acids is 1. The molecule has 132 valence electrons. The first kappa shape index (κ1) is 17.4. The van der Waals surface area contributed by atoms with Crippen molar-refractivity contribution in [2.75, 3.05) is 18.5 Å². The number of ether oxygens (including phenoxy) is 1. The summed E-state index contributed by atoms with van der Waals surface area (Å²) in [7, 11) is 0. The Morgan fingerprint density at radius 2 is 2.12 bits per heavy atom. The lowest BCUT2D eigenvalue weighted by Gasteiger charge is -2.03. The molecule has 1 aromatic carbocycles. The average molecular weight is 340 g/mol. The molecule has 0 aliphatic heterocycles. The normalized spacial score (nSPS) is 11.3. The highest BCUT2D eigenvalue weighted by Gasteiger charge is 2.15. The second-order valence-corrected chi connectivity index (χ2v) is 6.12. The number of benzene rings is 1. The summed E-state index contributed by atoms with van der Waals surface area (Å²) in [4.78, 5) is 16.9. The Bertz CT molecular complexity index is 901. The molecule has 0 spiro atoms. The zero-order valence-electron chi connectivity index (χ0n) is 15.0. The van der Waals surface area contributed by atoms with Crippen molar-refractivity contribution in [1.29, 1.82) is 0 Å². The zero-order chi connectivity index (χ0) is 17.8. The number of aromatic nitrogens is 3. The minimum Gasteiger partial charge on any atom is -0.381 e. The fourth-order valence-electron chi connectivity index (χ4n) is 2.82. The largest absolute Gasteiger partial charge is 0.381 e. The maximum atomic E-state index is 12.1. The molecule has 6 heteroatoms. The Labute approximate surface area is 147 Å². The second kappa shape index (κ2) is 7.61. The molecule has 25 heavy (non-hydrogen) atoms. The molecule has 1 N–H and O–H groups in total. The van der Waals surface area contributed by atoms with Crippen molar-refractivity contribution in [2.24, 2.45) is 0 Å². The van der Waals surface area contributed by atoms with Crippen LogP contribution < -0.4 is 5.32 Å². The van der Waals surface area contributed by atoms with Crippen molar-refractivity contribution in [2.45, 2.75) is 40.2 Å². The number of amides is 1. The van der Waals surface area contributed by atoms with Gasteiger partial charge in [0.25, 0.3) is 0 Å². The molecule has 0 radical (unpaired) electrons. The van der Waals surface area contributed by atoms with Gasteiger partial charge in [-0.25, -0.2) is 9.67 Å². The topological polar surface area (TPSA) is 69.0 Å². The van der Waals surface area contributed by atoms with E-state index in [2.05, 4.69) is 48.5 Å². The Kier molecular flexibility index (Phi) is 5.28. The van der Waals surface area contributed by atoms with Gasteiger partial charge in [0.1, 0.15) is 0 Å². The van der Waals surface area contributed by atoms with Crippen LogP contribution in [-0.4, -0.2) is 33.9 Å². The molecule has 0 saturated heterocycles. The number of fused-ring (bicyclic) bond motifs is 2. The van der Waals surface area contributed by atoms with E-state index in [0.29, 0.717) is 25.5 Å². The summed E-state index contributed by atoms with van der Waals surface area (Å²) in [6, 6.07) is 8.23. The number of anilines is 1. The van der Waals surface area contributed by atoms with E-state index in [0.717, 1.165) is 34.9 Å². The Morgan fingerprint density at radius 1 is 1.28 bits per heavy atom. The highest BCUT2D eigenvalue weighted by Crippen LogP contribution is 2.26. The first-order chi connectivity index (χ1) is 12.1. The zero-order valence-corrected chi connectivity index (χ0v) is 15.0. The van der Waals surface area contributed by atoms with Gasteiger partial charge in [-0.3, -0.25) is 4.79 Å². The standard InChI is InChI=1S/C19H24N4O2/c1-4-9-23-19-15(12-14-7-6-13(3)11-16(14)20-19)18(22-23)21-17(24)8-10-25-5-2/h6-7,11-12H,4-5,8-10H2,1-3H3,(H,21,22,24). The number of rotatable bonds is 7. The van der Waals surface area contributed by atoms with Crippen molar-refractivity contribution in [3.8, 4) is 0 Å². The highest BCUT2D eigenvalue weighted by molar-refractivity contribution is 6.02. The van der Waals surface area contributed by atoms with E-state index >= 15 is 0 Å². The van der Waals surface area contributed by atoms with E-state index in [1.165, 1.54) is 5.56 Å². The summed E-state index contributed by atoms with van der Waals surface area (Å²) in [5.41, 5.74) is 2.92. The Balaban J connectivity index is 1.99. The van der Waals surface area contributed by atoms with Crippen molar-refractivity contribution in [3.63, 3.8) is 0 Å². The minimum absolute atomic E-state index is 0.0968. The molecule has 0 aliphatic rings. The predicted molar refractivity (Wildman–Crippen MR) is 99.8 cm³/mol. The smallest absolute Gasteiger partial charge is 0.227 e. The fourth-order valence-corrected chi connectivity index (χ4v) is 2.82. The number of hydrogen-bond acceptors (Lipinski definition) is 4. The summed E-state index contributed by atoms with van der Waals surface area (Å²) in [5.74, 6) is 0.473. The molecule has 2 aromatic heterocycles. The molecule has 0 bridgehead atoms. The lowest BCUT2D eigenvalue weighted by atomic mass is 10.1. The number of nitrogens with zero attached hydrogens (tertiary/aromatic N) is 3. The summed E-state index contributed by atoms with van der Waals surface area (Å²) in [5, 5.41) is 9.39. The third-order valence-corrected chi connectivity index (χ3v) is 4.04. The molecule has 0 fully saturated rings. The van der Waals surface area contributed by atoms with E-state index in [1.807, 2.05) is 11.6 Å². The third-order valence-electron chi connectivity index (χ3n) is 4.04. The number of pyridine rings is 1. The van der Waals surface area contributed by atoms with Gasteiger partial charge in [-0.1, -0.05) is 19.1 Å². The van der Waals surface area contributed by atoms with Crippen LogP contribution in [0.3, 0.4) is 0 Å². The quantitative estimate of drug-likeness (QED) is 0.666. The number of aryl methyl sites for hydroxylation is 2. The summed E-state index contributed by atoms with van der Waals surface area (Å²) in [6.07, 6.45) is 1.26. The van der Waals surface area contributed by atoms with Crippen molar-refractivity contribution in [3.05, 3.63) is 29.8 Å². The molecule has 6 nitrogen and oxygen atoms in total. The van der Waals surface area contributed by atoms with E-state index in [-0.39, 0.29) is 5.91 Å². The minimum atomic E-state index is -0.0968. The SMILES string of the molecule is CCCn1nc(NC(=O)CCOCC)c2cc3ccc(C)cc3nc21. The number of nitrogens with one attached hydrogen (secondary N) is 1. The fraction of sp³-hybridized carbons (Fsp3) is 0.421. The van der Waals surface area contributed by atoms with Gasteiger partial charge in [-0.2, -0.15) is 5.10 Å². The summed E-state index contributed by atoms with van der Waals surface area (Å²) in [6.45, 7) is 7.84. The molecular weight excluding hydrogens is 316 g/mol. The third kappa shape index (κ3) is 3.79. The second-order valence-electron chi connectivity index (χ2n) is 6.12. The lowest BCUT2D eigenvalue weighted by Crippen LogP contribution is -2.15. The number of carbonyl (C=O) groups is 1. The van der Waals surface area contributed by atoms with Crippen molar-refractivity contribution in [1.82, 2.24) is 14.8 Å². The number of hydrogen-bond donors (Lipinski definition) is 1. The van der Waals surface area contributed by atoms with Gasteiger partial charge < -0.3 is 10.1 Å². The molecule has 0 atom stereocenters. The van der Waals surface area contributed by atoms with Crippen LogP contribution in [0.5, 0.6) is 0 Å². The molecule has 0 saturated carbocycles. The van der Waals surface area contributed by atoms with Crippen LogP contribution in [-0.2, 0) is 16.1 Å². The molecule has 3 rings (SSSR count). The molecule has 3 aromatic rings. The van der Waals surface area contributed by atoms with Crippen LogP contribution >= 0.6 is 0 Å². The van der Waals surface area contributed by atoms with Gasteiger partial charge in [0, 0.05) is 18.5 Å². The average Bonchev–Trinajstić information content (AvgIpc) is 2.90. The summed E-state index contributed by atoms with van der Waals surface area (Å²) < 4.78 is 7.11.